The highest BCUT2D eigenvalue weighted by molar-refractivity contribution is 6.25. The van der Waals surface area contributed by atoms with Crippen molar-refractivity contribution in [3.8, 4) is 0 Å². The second kappa shape index (κ2) is 8.63. The molecule has 0 radical (unpaired) electrons. The number of nitrogens with zero attached hydrogens (tertiary/aromatic N) is 2. The highest BCUT2D eigenvalue weighted by Crippen LogP contribution is 2.30. The molecule has 34 heavy (non-hydrogen) atoms. The molecular formula is C28H24N2O4. The summed E-state index contributed by atoms with van der Waals surface area (Å²) in [6.07, 6.45) is 1.89. The molecular weight excluding hydrogens is 428 g/mol. The van der Waals surface area contributed by atoms with Gasteiger partial charge in [-0.1, -0.05) is 42.0 Å². The second-order valence-corrected chi connectivity index (χ2v) is 8.55. The first-order valence-electron chi connectivity index (χ1n) is 11.3. The standard InChI is InChI=1S/C28H24N2O4/c1-18-12-13-23(19(2)17-18)29(28(33)24-11-5-16-34-24)14-6-15-30-26(31)21-9-3-7-20-8-4-10-22(25(20)21)27(30)32/h3-5,7-13,16-17H,6,14-15H2,1-2H3. The Morgan fingerprint density at radius 3 is 2.24 bits per heavy atom. The number of rotatable bonds is 6. The third-order valence-corrected chi connectivity index (χ3v) is 6.24. The van der Waals surface area contributed by atoms with Crippen molar-refractivity contribution in [1.82, 2.24) is 4.90 Å². The van der Waals surface area contributed by atoms with Gasteiger partial charge in [-0.2, -0.15) is 0 Å². The zero-order chi connectivity index (χ0) is 23.8. The lowest BCUT2D eigenvalue weighted by Crippen LogP contribution is -2.42. The normalized spacial score (nSPS) is 12.9. The SMILES string of the molecule is Cc1ccc(N(CCCN2C(=O)c3cccc4cccc(c34)C2=O)C(=O)c2ccco2)c(C)c1. The van der Waals surface area contributed by atoms with Crippen LogP contribution in [0.3, 0.4) is 0 Å². The Balaban J connectivity index is 1.40. The van der Waals surface area contributed by atoms with Crippen LogP contribution in [0.4, 0.5) is 5.69 Å². The molecule has 0 N–H and O–H groups in total. The summed E-state index contributed by atoms with van der Waals surface area (Å²) in [5.41, 5.74) is 3.91. The first kappa shape index (κ1) is 21.6. The van der Waals surface area contributed by atoms with Crippen molar-refractivity contribution in [2.75, 3.05) is 18.0 Å². The summed E-state index contributed by atoms with van der Waals surface area (Å²) in [7, 11) is 0. The third-order valence-electron chi connectivity index (χ3n) is 6.24. The summed E-state index contributed by atoms with van der Waals surface area (Å²) in [6.45, 7) is 4.49. The van der Waals surface area contributed by atoms with Gasteiger partial charge in [-0.05, 0) is 61.5 Å². The van der Waals surface area contributed by atoms with E-state index in [4.69, 9.17) is 4.42 Å². The van der Waals surface area contributed by atoms with E-state index in [1.807, 2.05) is 56.3 Å². The summed E-state index contributed by atoms with van der Waals surface area (Å²) >= 11 is 0. The van der Waals surface area contributed by atoms with Gasteiger partial charge in [-0.3, -0.25) is 19.3 Å². The van der Waals surface area contributed by atoms with Gasteiger partial charge in [0, 0.05) is 35.3 Å². The minimum Gasteiger partial charge on any atom is -0.459 e. The van der Waals surface area contributed by atoms with Crippen LogP contribution in [0, 0.1) is 13.8 Å². The van der Waals surface area contributed by atoms with E-state index in [2.05, 4.69) is 0 Å². The van der Waals surface area contributed by atoms with Gasteiger partial charge in [-0.25, -0.2) is 0 Å². The van der Waals surface area contributed by atoms with Crippen molar-refractivity contribution < 1.29 is 18.8 Å². The van der Waals surface area contributed by atoms with Crippen LogP contribution in [0.5, 0.6) is 0 Å². The number of carbonyl (C=O) groups is 3. The van der Waals surface area contributed by atoms with E-state index < -0.39 is 0 Å². The number of aryl methyl sites for hydroxylation is 2. The number of amides is 3. The Kier molecular flexibility index (Phi) is 5.49. The molecule has 170 valence electrons. The average Bonchev–Trinajstić information content (AvgIpc) is 3.37. The van der Waals surface area contributed by atoms with Crippen molar-refractivity contribution in [3.63, 3.8) is 0 Å². The smallest absolute Gasteiger partial charge is 0.293 e. The molecule has 5 rings (SSSR count). The fourth-order valence-corrected chi connectivity index (χ4v) is 4.64. The molecule has 0 atom stereocenters. The van der Waals surface area contributed by atoms with E-state index in [1.54, 1.807) is 29.2 Å². The molecule has 0 fully saturated rings. The number of hydrogen-bond acceptors (Lipinski definition) is 4. The molecule has 1 aliphatic heterocycles. The number of carbonyl (C=O) groups excluding carboxylic acids is 3. The summed E-state index contributed by atoms with van der Waals surface area (Å²) in [5.74, 6) is -0.622. The zero-order valence-corrected chi connectivity index (χ0v) is 19.1. The van der Waals surface area contributed by atoms with Gasteiger partial charge in [0.1, 0.15) is 0 Å². The fourth-order valence-electron chi connectivity index (χ4n) is 4.64. The molecule has 3 aromatic carbocycles. The largest absolute Gasteiger partial charge is 0.459 e. The van der Waals surface area contributed by atoms with Crippen LogP contribution < -0.4 is 4.90 Å². The Morgan fingerprint density at radius 1 is 0.912 bits per heavy atom. The van der Waals surface area contributed by atoms with Gasteiger partial charge >= 0.3 is 0 Å². The van der Waals surface area contributed by atoms with Crippen molar-refractivity contribution in [2.45, 2.75) is 20.3 Å². The quantitative estimate of drug-likeness (QED) is 0.368. The van der Waals surface area contributed by atoms with Crippen molar-refractivity contribution in [1.29, 1.82) is 0 Å². The van der Waals surface area contributed by atoms with E-state index in [-0.39, 0.29) is 30.0 Å². The van der Waals surface area contributed by atoms with E-state index in [9.17, 15) is 14.4 Å². The van der Waals surface area contributed by atoms with E-state index in [1.165, 1.54) is 11.2 Å². The third kappa shape index (κ3) is 3.67. The van der Waals surface area contributed by atoms with Gasteiger partial charge in [0.2, 0.25) is 0 Å². The highest BCUT2D eigenvalue weighted by Gasteiger charge is 2.32. The lowest BCUT2D eigenvalue weighted by atomic mass is 9.94. The van der Waals surface area contributed by atoms with Crippen molar-refractivity contribution >= 4 is 34.2 Å². The fraction of sp³-hybridized carbons (Fsp3) is 0.179. The van der Waals surface area contributed by atoms with Gasteiger partial charge < -0.3 is 9.32 Å². The summed E-state index contributed by atoms with van der Waals surface area (Å²) in [4.78, 5) is 42.5. The predicted octanol–water partition coefficient (Wildman–Crippen LogP) is 5.38. The van der Waals surface area contributed by atoms with Crippen LogP contribution >= 0.6 is 0 Å². The summed E-state index contributed by atoms with van der Waals surface area (Å²) in [5, 5.41) is 1.59. The molecule has 0 spiro atoms. The summed E-state index contributed by atoms with van der Waals surface area (Å²) < 4.78 is 5.35. The molecule has 2 heterocycles. The molecule has 0 saturated heterocycles. The Hall–Kier alpha value is -4.19. The maximum Gasteiger partial charge on any atom is 0.293 e. The second-order valence-electron chi connectivity index (χ2n) is 8.55. The molecule has 6 nitrogen and oxygen atoms in total. The van der Waals surface area contributed by atoms with Crippen molar-refractivity contribution in [2.24, 2.45) is 0 Å². The zero-order valence-electron chi connectivity index (χ0n) is 19.1. The maximum absolute atomic E-state index is 13.2. The van der Waals surface area contributed by atoms with Gasteiger partial charge in [0.05, 0.1) is 6.26 Å². The first-order valence-corrected chi connectivity index (χ1v) is 11.3. The lowest BCUT2D eigenvalue weighted by molar-refractivity contribution is 0.0610. The topological polar surface area (TPSA) is 70.8 Å². The number of benzene rings is 3. The average molecular weight is 453 g/mol. The molecule has 0 saturated carbocycles. The van der Waals surface area contributed by atoms with Crippen LogP contribution in [0.15, 0.2) is 77.4 Å². The van der Waals surface area contributed by atoms with Gasteiger partial charge in [-0.15, -0.1) is 0 Å². The Bertz CT molecular complexity index is 1370. The number of anilines is 1. The molecule has 0 bridgehead atoms. The monoisotopic (exact) mass is 452 g/mol. The molecule has 1 aliphatic rings. The molecule has 3 amide bonds. The van der Waals surface area contributed by atoms with Gasteiger partial charge in [0.15, 0.2) is 5.76 Å². The van der Waals surface area contributed by atoms with E-state index in [0.717, 1.165) is 22.2 Å². The van der Waals surface area contributed by atoms with Crippen molar-refractivity contribution in [3.05, 3.63) is 101 Å². The number of hydrogen-bond donors (Lipinski definition) is 0. The van der Waals surface area contributed by atoms with E-state index in [0.29, 0.717) is 29.5 Å². The Morgan fingerprint density at radius 2 is 1.62 bits per heavy atom. The molecule has 1 aromatic heterocycles. The van der Waals surface area contributed by atoms with Gasteiger partial charge in [0.25, 0.3) is 17.7 Å². The maximum atomic E-state index is 13.2. The first-order chi connectivity index (χ1) is 16.5. The molecule has 6 heteroatoms. The molecule has 0 aliphatic carbocycles. The van der Waals surface area contributed by atoms with Crippen LogP contribution in [0.25, 0.3) is 10.8 Å². The Labute approximate surface area is 197 Å². The summed E-state index contributed by atoms with van der Waals surface area (Å²) in [6, 6.07) is 20.2. The molecule has 4 aromatic rings. The number of furan rings is 1. The predicted molar refractivity (Wildman–Crippen MR) is 130 cm³/mol. The number of imide groups is 1. The van der Waals surface area contributed by atoms with Crippen LogP contribution in [-0.4, -0.2) is 35.7 Å². The lowest BCUT2D eigenvalue weighted by Gasteiger charge is -2.29. The van der Waals surface area contributed by atoms with Crippen LogP contribution in [-0.2, 0) is 0 Å². The minimum absolute atomic E-state index is 0.204. The van der Waals surface area contributed by atoms with Crippen LogP contribution in [0.1, 0.15) is 48.8 Å². The highest BCUT2D eigenvalue weighted by atomic mass is 16.3. The minimum atomic E-state index is -0.301. The molecule has 0 unspecified atom stereocenters. The van der Waals surface area contributed by atoms with E-state index >= 15 is 0 Å². The van der Waals surface area contributed by atoms with Crippen LogP contribution in [0.2, 0.25) is 0 Å².